The molecule has 1 aliphatic rings. The number of nitrogens with zero attached hydrogens (tertiary/aromatic N) is 1. The molecule has 2 rings (SSSR count). The number of anilines is 2. The van der Waals surface area contributed by atoms with Gasteiger partial charge in [-0.05, 0) is 25.7 Å². The molecule has 1 fully saturated rings. The van der Waals surface area contributed by atoms with Crippen molar-refractivity contribution in [2.75, 3.05) is 23.7 Å². The van der Waals surface area contributed by atoms with Gasteiger partial charge in [-0.3, -0.25) is 9.59 Å². The van der Waals surface area contributed by atoms with E-state index in [1.165, 1.54) is 12.8 Å². The fourth-order valence-corrected chi connectivity index (χ4v) is 3.19. The van der Waals surface area contributed by atoms with Crippen molar-refractivity contribution in [1.82, 2.24) is 0 Å². The van der Waals surface area contributed by atoms with Crippen LogP contribution in [0.1, 0.15) is 39.8 Å². The van der Waals surface area contributed by atoms with Crippen molar-refractivity contribution in [3.05, 3.63) is 10.4 Å². The second-order valence-electron chi connectivity index (χ2n) is 4.74. The molecule has 0 radical (unpaired) electrons. The van der Waals surface area contributed by atoms with Crippen LogP contribution in [0.15, 0.2) is 0 Å². The highest BCUT2D eigenvalue weighted by molar-refractivity contribution is 7.19. The molecule has 1 aromatic heterocycles. The third-order valence-electron chi connectivity index (χ3n) is 3.24. The van der Waals surface area contributed by atoms with E-state index in [-0.39, 0.29) is 16.1 Å². The van der Waals surface area contributed by atoms with Gasteiger partial charge in [0.2, 0.25) is 0 Å². The number of rotatable bonds is 6. The molecule has 0 spiro atoms. The summed E-state index contributed by atoms with van der Waals surface area (Å²) in [6.07, 6.45) is 2.40. The largest absolute Gasteiger partial charge is 0.397 e. The maximum atomic E-state index is 11.6. The van der Waals surface area contributed by atoms with Crippen molar-refractivity contribution < 1.29 is 9.59 Å². The predicted octanol–water partition coefficient (Wildman–Crippen LogP) is 0.764. The quantitative estimate of drug-likeness (QED) is 0.714. The summed E-state index contributed by atoms with van der Waals surface area (Å²) in [6.45, 7) is 3.58. The summed E-state index contributed by atoms with van der Waals surface area (Å²) in [5.74, 6) is -0.592. The Morgan fingerprint density at radius 1 is 1.32 bits per heavy atom. The van der Waals surface area contributed by atoms with Gasteiger partial charge in [-0.2, -0.15) is 0 Å². The van der Waals surface area contributed by atoms with Gasteiger partial charge in [-0.1, -0.05) is 0 Å². The number of hydrogen-bond acceptors (Lipinski definition) is 5. The molecule has 1 aliphatic carbocycles. The lowest BCUT2D eigenvalue weighted by Gasteiger charge is -2.22. The molecule has 0 bridgehead atoms. The predicted molar refractivity (Wildman–Crippen MR) is 76.4 cm³/mol. The second-order valence-corrected chi connectivity index (χ2v) is 5.73. The molecule has 7 heteroatoms. The summed E-state index contributed by atoms with van der Waals surface area (Å²) in [7, 11) is 0. The summed E-state index contributed by atoms with van der Waals surface area (Å²) in [6, 6.07) is 0. The molecule has 1 saturated carbocycles. The fraction of sp³-hybridized carbons (Fsp3) is 0.500. The number of nitrogens with two attached hydrogens (primary N) is 3. The molecule has 0 aromatic carbocycles. The lowest BCUT2D eigenvalue weighted by Crippen LogP contribution is -2.27. The molecule has 0 atom stereocenters. The standard InChI is InChI=1S/C12H18N4O2S/c1-2-16(5-6-3-4-6)12-7(10(14)17)8(13)9(19-12)11(15)18/h6H,2-5,13H2,1H3,(H2,14,17)(H2,15,18). The first-order valence-electron chi connectivity index (χ1n) is 6.22. The summed E-state index contributed by atoms with van der Waals surface area (Å²) in [4.78, 5) is 25.2. The van der Waals surface area contributed by atoms with E-state index in [0.717, 1.165) is 24.4 Å². The molecule has 0 saturated heterocycles. The fourth-order valence-electron chi connectivity index (χ4n) is 2.04. The number of carbonyl (C=O) groups is 2. The van der Waals surface area contributed by atoms with Crippen molar-refractivity contribution in [2.45, 2.75) is 19.8 Å². The summed E-state index contributed by atoms with van der Waals surface area (Å²) >= 11 is 1.15. The number of primary amides is 2. The maximum Gasteiger partial charge on any atom is 0.260 e. The Balaban J connectivity index is 2.43. The highest BCUT2D eigenvalue weighted by Crippen LogP contribution is 2.40. The van der Waals surface area contributed by atoms with Gasteiger partial charge in [0.05, 0.1) is 11.3 Å². The minimum atomic E-state index is -0.626. The van der Waals surface area contributed by atoms with E-state index >= 15 is 0 Å². The van der Waals surface area contributed by atoms with Crippen LogP contribution in [0.2, 0.25) is 0 Å². The van der Waals surface area contributed by atoms with E-state index < -0.39 is 11.8 Å². The van der Waals surface area contributed by atoms with Gasteiger partial charge in [-0.15, -0.1) is 11.3 Å². The highest BCUT2D eigenvalue weighted by Gasteiger charge is 2.29. The lowest BCUT2D eigenvalue weighted by atomic mass is 10.2. The van der Waals surface area contributed by atoms with E-state index in [2.05, 4.69) is 0 Å². The SMILES string of the molecule is CCN(CC1CC1)c1sc(C(N)=O)c(N)c1C(N)=O. The van der Waals surface area contributed by atoms with E-state index in [4.69, 9.17) is 17.2 Å². The molecule has 6 nitrogen and oxygen atoms in total. The van der Waals surface area contributed by atoms with Crippen molar-refractivity contribution in [3.63, 3.8) is 0 Å². The maximum absolute atomic E-state index is 11.6. The number of thiophene rings is 1. The molecule has 0 aliphatic heterocycles. The van der Waals surface area contributed by atoms with E-state index in [1.54, 1.807) is 0 Å². The summed E-state index contributed by atoms with van der Waals surface area (Å²) in [5, 5.41) is 0.660. The van der Waals surface area contributed by atoms with E-state index in [0.29, 0.717) is 10.9 Å². The Hall–Kier alpha value is -1.76. The third kappa shape index (κ3) is 2.65. The van der Waals surface area contributed by atoms with Gasteiger partial charge < -0.3 is 22.1 Å². The van der Waals surface area contributed by atoms with Crippen LogP contribution in [0.4, 0.5) is 10.7 Å². The van der Waals surface area contributed by atoms with Gasteiger partial charge in [0.25, 0.3) is 11.8 Å². The van der Waals surface area contributed by atoms with Crippen LogP contribution in [0.25, 0.3) is 0 Å². The van der Waals surface area contributed by atoms with Crippen LogP contribution in [0, 0.1) is 5.92 Å². The number of carbonyl (C=O) groups excluding carboxylic acids is 2. The normalized spacial score (nSPS) is 14.4. The number of hydrogen-bond donors (Lipinski definition) is 3. The molecule has 6 N–H and O–H groups in total. The van der Waals surface area contributed by atoms with Crippen LogP contribution in [-0.2, 0) is 0 Å². The zero-order valence-electron chi connectivity index (χ0n) is 10.8. The minimum Gasteiger partial charge on any atom is -0.397 e. The summed E-state index contributed by atoms with van der Waals surface area (Å²) in [5.41, 5.74) is 16.8. The number of amides is 2. The van der Waals surface area contributed by atoms with Crippen LogP contribution in [0.5, 0.6) is 0 Å². The smallest absolute Gasteiger partial charge is 0.260 e. The Morgan fingerprint density at radius 3 is 2.37 bits per heavy atom. The van der Waals surface area contributed by atoms with E-state index in [9.17, 15) is 9.59 Å². The molecule has 1 heterocycles. The Labute approximate surface area is 115 Å². The average Bonchev–Trinajstić information content (AvgIpc) is 3.07. The highest BCUT2D eigenvalue weighted by atomic mass is 32.1. The first kappa shape index (κ1) is 13.7. The monoisotopic (exact) mass is 282 g/mol. The van der Waals surface area contributed by atoms with Crippen molar-refractivity contribution >= 4 is 33.8 Å². The van der Waals surface area contributed by atoms with Gasteiger partial charge in [-0.25, -0.2) is 0 Å². The first-order chi connectivity index (χ1) is 8.95. The van der Waals surface area contributed by atoms with Crippen LogP contribution < -0.4 is 22.1 Å². The molecule has 104 valence electrons. The van der Waals surface area contributed by atoms with E-state index in [1.807, 2.05) is 11.8 Å². The topological polar surface area (TPSA) is 115 Å². The number of nitrogen functional groups attached to an aromatic ring is 1. The summed E-state index contributed by atoms with van der Waals surface area (Å²) < 4.78 is 0. The average molecular weight is 282 g/mol. The Bertz CT molecular complexity index is 522. The zero-order chi connectivity index (χ0) is 14.2. The second kappa shape index (κ2) is 5.08. The first-order valence-corrected chi connectivity index (χ1v) is 7.04. The molecular weight excluding hydrogens is 264 g/mol. The Morgan fingerprint density at radius 2 is 1.95 bits per heavy atom. The molecule has 19 heavy (non-hydrogen) atoms. The molecule has 0 unspecified atom stereocenters. The molecular formula is C12H18N4O2S. The Kier molecular flexibility index (Phi) is 3.66. The van der Waals surface area contributed by atoms with Crippen LogP contribution in [0.3, 0.4) is 0 Å². The van der Waals surface area contributed by atoms with Crippen molar-refractivity contribution in [3.8, 4) is 0 Å². The van der Waals surface area contributed by atoms with Gasteiger partial charge in [0.1, 0.15) is 9.88 Å². The lowest BCUT2D eigenvalue weighted by molar-refractivity contribution is 0.0999. The zero-order valence-corrected chi connectivity index (χ0v) is 11.6. The van der Waals surface area contributed by atoms with Crippen LogP contribution in [-0.4, -0.2) is 24.9 Å². The van der Waals surface area contributed by atoms with Gasteiger partial charge in [0, 0.05) is 13.1 Å². The van der Waals surface area contributed by atoms with Gasteiger partial charge in [0.15, 0.2) is 0 Å². The van der Waals surface area contributed by atoms with Crippen LogP contribution >= 0.6 is 11.3 Å². The van der Waals surface area contributed by atoms with Gasteiger partial charge >= 0.3 is 0 Å². The van der Waals surface area contributed by atoms with Crippen molar-refractivity contribution in [2.24, 2.45) is 17.4 Å². The third-order valence-corrected chi connectivity index (χ3v) is 4.52. The van der Waals surface area contributed by atoms with Crippen molar-refractivity contribution in [1.29, 1.82) is 0 Å². The minimum absolute atomic E-state index is 0.106. The molecule has 2 amide bonds. The molecule has 1 aromatic rings.